The van der Waals surface area contributed by atoms with Gasteiger partial charge in [-0.3, -0.25) is 5.32 Å². The molecule has 1 amide bonds. The van der Waals surface area contributed by atoms with Gasteiger partial charge in [-0.25, -0.2) is 9.78 Å². The molecular weight excluding hydrogens is 300 g/mol. The van der Waals surface area contributed by atoms with Gasteiger partial charge in [0.15, 0.2) is 0 Å². The number of amides is 1. The van der Waals surface area contributed by atoms with Crippen LogP contribution in [0.25, 0.3) is 22.2 Å². The van der Waals surface area contributed by atoms with Crippen LogP contribution in [0.5, 0.6) is 0 Å². The molecule has 2 aromatic carbocycles. The Labute approximate surface area is 141 Å². The number of aromatic nitrogens is 1. The zero-order chi connectivity index (χ0) is 17.2. The molecule has 0 aliphatic heterocycles. The molecule has 0 saturated heterocycles. The fourth-order valence-electron chi connectivity index (χ4n) is 2.39. The van der Waals surface area contributed by atoms with Gasteiger partial charge in [-0.15, -0.1) is 0 Å². The fraction of sp³-hybridized carbons (Fsp3) is 0.200. The van der Waals surface area contributed by atoms with Crippen LogP contribution in [0.3, 0.4) is 0 Å². The Bertz CT molecular complexity index is 868. The molecule has 1 aromatic heterocycles. The van der Waals surface area contributed by atoms with Crippen molar-refractivity contribution in [1.29, 1.82) is 0 Å². The summed E-state index contributed by atoms with van der Waals surface area (Å²) in [5, 5.41) is 3.71. The zero-order valence-electron chi connectivity index (χ0n) is 14.0. The highest BCUT2D eigenvalue weighted by Crippen LogP contribution is 2.23. The Morgan fingerprint density at radius 1 is 1.00 bits per heavy atom. The maximum Gasteiger partial charge on any atom is 0.412 e. The first-order valence-electron chi connectivity index (χ1n) is 7.87. The van der Waals surface area contributed by atoms with Crippen molar-refractivity contribution in [2.75, 3.05) is 5.32 Å². The monoisotopic (exact) mass is 320 g/mol. The number of anilines is 1. The Morgan fingerprint density at radius 2 is 1.75 bits per heavy atom. The summed E-state index contributed by atoms with van der Waals surface area (Å²) < 4.78 is 5.26. The van der Waals surface area contributed by atoms with E-state index in [1.165, 1.54) is 0 Å². The topological polar surface area (TPSA) is 51.2 Å². The lowest BCUT2D eigenvalue weighted by molar-refractivity contribution is 0.0636. The molecule has 4 heteroatoms. The second kappa shape index (κ2) is 6.32. The average molecular weight is 320 g/mol. The summed E-state index contributed by atoms with van der Waals surface area (Å²) in [5.41, 5.74) is 3.05. The summed E-state index contributed by atoms with van der Waals surface area (Å²) in [4.78, 5) is 16.5. The average Bonchev–Trinajstić information content (AvgIpc) is 2.53. The Balaban J connectivity index is 1.84. The molecule has 0 radical (unpaired) electrons. The molecule has 3 rings (SSSR count). The van der Waals surface area contributed by atoms with E-state index in [9.17, 15) is 4.79 Å². The van der Waals surface area contributed by atoms with Gasteiger partial charge in [0.25, 0.3) is 0 Å². The highest BCUT2D eigenvalue weighted by molar-refractivity contribution is 5.90. The second-order valence-corrected chi connectivity index (χ2v) is 6.60. The summed E-state index contributed by atoms with van der Waals surface area (Å²) in [6.07, 6.45) is -0.462. The highest BCUT2D eigenvalue weighted by Gasteiger charge is 2.16. The van der Waals surface area contributed by atoms with Crippen molar-refractivity contribution in [3.63, 3.8) is 0 Å². The number of rotatable bonds is 2. The van der Waals surface area contributed by atoms with E-state index in [4.69, 9.17) is 4.74 Å². The van der Waals surface area contributed by atoms with Crippen LogP contribution < -0.4 is 5.32 Å². The van der Waals surface area contributed by atoms with E-state index < -0.39 is 11.7 Å². The van der Waals surface area contributed by atoms with Crippen LogP contribution in [0, 0.1) is 0 Å². The van der Waals surface area contributed by atoms with Gasteiger partial charge in [-0.1, -0.05) is 36.4 Å². The van der Waals surface area contributed by atoms with E-state index in [0.29, 0.717) is 5.69 Å². The minimum absolute atomic E-state index is 0.462. The number of hydrogen-bond acceptors (Lipinski definition) is 3. The maximum atomic E-state index is 11.9. The van der Waals surface area contributed by atoms with Gasteiger partial charge in [0, 0.05) is 16.6 Å². The molecule has 122 valence electrons. The van der Waals surface area contributed by atoms with Crippen LogP contribution in [0.4, 0.5) is 10.5 Å². The molecule has 0 bridgehead atoms. The van der Waals surface area contributed by atoms with Crippen LogP contribution in [0.2, 0.25) is 0 Å². The molecule has 0 atom stereocenters. The third-order valence-corrected chi connectivity index (χ3v) is 3.40. The lowest BCUT2D eigenvalue weighted by Gasteiger charge is -2.19. The molecule has 4 nitrogen and oxygen atoms in total. The smallest absolute Gasteiger partial charge is 0.412 e. The van der Waals surface area contributed by atoms with Crippen molar-refractivity contribution in [3.8, 4) is 11.3 Å². The molecular formula is C20H20N2O2. The van der Waals surface area contributed by atoms with E-state index in [2.05, 4.69) is 10.3 Å². The van der Waals surface area contributed by atoms with E-state index in [1.807, 2.05) is 81.4 Å². The van der Waals surface area contributed by atoms with Crippen LogP contribution >= 0.6 is 0 Å². The SMILES string of the molecule is CC(C)(C)OC(=O)Nc1ccc2nc(-c3ccccc3)ccc2c1. The number of ether oxygens (including phenoxy) is 1. The van der Waals surface area contributed by atoms with Gasteiger partial charge in [0.1, 0.15) is 5.60 Å². The van der Waals surface area contributed by atoms with Gasteiger partial charge in [0.05, 0.1) is 11.2 Å². The minimum Gasteiger partial charge on any atom is -0.444 e. The number of hydrogen-bond donors (Lipinski definition) is 1. The third-order valence-electron chi connectivity index (χ3n) is 3.40. The van der Waals surface area contributed by atoms with E-state index in [1.54, 1.807) is 0 Å². The molecule has 0 unspecified atom stereocenters. The van der Waals surface area contributed by atoms with E-state index in [-0.39, 0.29) is 0 Å². The predicted octanol–water partition coefficient (Wildman–Crippen LogP) is 5.25. The molecule has 24 heavy (non-hydrogen) atoms. The van der Waals surface area contributed by atoms with Gasteiger partial charge in [0.2, 0.25) is 0 Å². The number of benzene rings is 2. The molecule has 0 aliphatic carbocycles. The van der Waals surface area contributed by atoms with Crippen LogP contribution in [-0.4, -0.2) is 16.7 Å². The number of fused-ring (bicyclic) bond motifs is 1. The van der Waals surface area contributed by atoms with Gasteiger partial charge in [-0.05, 0) is 45.0 Å². The molecule has 1 N–H and O–H groups in total. The van der Waals surface area contributed by atoms with Crippen molar-refractivity contribution < 1.29 is 9.53 Å². The standard InChI is InChI=1S/C20H20N2O2/c1-20(2,3)24-19(23)21-16-10-12-18-15(13-16)9-11-17(22-18)14-7-5-4-6-8-14/h4-13H,1-3H3,(H,21,23). The summed E-state index contributed by atoms with van der Waals surface area (Å²) >= 11 is 0. The van der Waals surface area contributed by atoms with Crippen molar-refractivity contribution in [3.05, 3.63) is 60.7 Å². The van der Waals surface area contributed by atoms with Crippen LogP contribution in [-0.2, 0) is 4.74 Å². The number of nitrogens with one attached hydrogen (secondary N) is 1. The second-order valence-electron chi connectivity index (χ2n) is 6.60. The van der Waals surface area contributed by atoms with Crippen molar-refractivity contribution in [1.82, 2.24) is 4.98 Å². The predicted molar refractivity (Wildman–Crippen MR) is 97.0 cm³/mol. The lowest BCUT2D eigenvalue weighted by Crippen LogP contribution is -2.27. The van der Waals surface area contributed by atoms with Gasteiger partial charge < -0.3 is 4.74 Å². The van der Waals surface area contributed by atoms with E-state index in [0.717, 1.165) is 22.2 Å². The normalized spacial score (nSPS) is 11.3. The lowest BCUT2D eigenvalue weighted by atomic mass is 10.1. The largest absolute Gasteiger partial charge is 0.444 e. The highest BCUT2D eigenvalue weighted by atomic mass is 16.6. The van der Waals surface area contributed by atoms with E-state index >= 15 is 0 Å². The third kappa shape index (κ3) is 3.90. The zero-order valence-corrected chi connectivity index (χ0v) is 14.0. The molecule has 0 fully saturated rings. The van der Waals surface area contributed by atoms with Crippen LogP contribution in [0.1, 0.15) is 20.8 Å². The fourth-order valence-corrected chi connectivity index (χ4v) is 2.39. The molecule has 0 aliphatic rings. The number of carbonyl (C=O) groups excluding carboxylic acids is 1. The number of pyridine rings is 1. The summed E-state index contributed by atoms with van der Waals surface area (Å²) in [6.45, 7) is 5.51. The number of nitrogens with zero attached hydrogens (tertiary/aromatic N) is 1. The Morgan fingerprint density at radius 3 is 2.46 bits per heavy atom. The first-order chi connectivity index (χ1) is 11.4. The van der Waals surface area contributed by atoms with Crippen LogP contribution in [0.15, 0.2) is 60.7 Å². The summed E-state index contributed by atoms with van der Waals surface area (Å²) in [7, 11) is 0. The van der Waals surface area contributed by atoms with Crippen molar-refractivity contribution in [2.24, 2.45) is 0 Å². The van der Waals surface area contributed by atoms with Gasteiger partial charge >= 0.3 is 6.09 Å². The quantitative estimate of drug-likeness (QED) is 0.701. The first-order valence-corrected chi connectivity index (χ1v) is 7.87. The van der Waals surface area contributed by atoms with Gasteiger partial charge in [-0.2, -0.15) is 0 Å². The Hall–Kier alpha value is -2.88. The Kier molecular flexibility index (Phi) is 4.21. The molecule has 3 aromatic rings. The minimum atomic E-state index is -0.521. The molecule has 0 spiro atoms. The number of carbonyl (C=O) groups is 1. The summed E-state index contributed by atoms with van der Waals surface area (Å²) in [5.74, 6) is 0. The summed E-state index contributed by atoms with van der Waals surface area (Å²) in [6, 6.07) is 19.6. The first kappa shape index (κ1) is 16.0. The maximum absolute atomic E-state index is 11.9. The molecule has 1 heterocycles. The van der Waals surface area contributed by atoms with Crippen molar-refractivity contribution >= 4 is 22.7 Å². The molecule has 0 saturated carbocycles. The van der Waals surface area contributed by atoms with Crippen molar-refractivity contribution in [2.45, 2.75) is 26.4 Å².